The monoisotopic (exact) mass is 446 g/mol. The highest BCUT2D eigenvalue weighted by Crippen LogP contribution is 2.38. The SMILES string of the molecule is CCOC1CCN(Cc2c(OC)cc(C)c3[nH]ccc23)C(c2ccc(-c3nnn[nH]3)cc2)C1. The lowest BCUT2D eigenvalue weighted by Gasteiger charge is -2.40. The van der Waals surface area contributed by atoms with Crippen molar-refractivity contribution in [2.45, 2.75) is 45.4 Å². The number of nitrogens with zero attached hydrogens (tertiary/aromatic N) is 4. The van der Waals surface area contributed by atoms with E-state index >= 15 is 0 Å². The van der Waals surface area contributed by atoms with Crippen LogP contribution in [0.1, 0.15) is 42.5 Å². The smallest absolute Gasteiger partial charge is 0.179 e. The van der Waals surface area contributed by atoms with Crippen LogP contribution in [-0.2, 0) is 11.3 Å². The molecular weight excluding hydrogens is 416 g/mol. The Morgan fingerprint density at radius 1 is 1.18 bits per heavy atom. The summed E-state index contributed by atoms with van der Waals surface area (Å²) in [5.41, 5.74) is 5.84. The number of aryl methyl sites for hydroxylation is 1. The molecule has 0 radical (unpaired) electrons. The average molecular weight is 447 g/mol. The number of aromatic amines is 2. The second kappa shape index (κ2) is 9.33. The number of hydrogen-bond donors (Lipinski definition) is 2. The summed E-state index contributed by atoms with van der Waals surface area (Å²) in [6.07, 6.45) is 4.26. The van der Waals surface area contributed by atoms with Crippen molar-refractivity contribution in [2.75, 3.05) is 20.3 Å². The van der Waals surface area contributed by atoms with Gasteiger partial charge in [-0.2, -0.15) is 0 Å². The molecule has 2 N–H and O–H groups in total. The number of methoxy groups -OCH3 is 1. The van der Waals surface area contributed by atoms with Crippen molar-refractivity contribution in [2.24, 2.45) is 0 Å². The number of fused-ring (bicyclic) bond motifs is 1. The highest BCUT2D eigenvalue weighted by Gasteiger charge is 2.31. The molecule has 4 aromatic rings. The molecule has 8 nitrogen and oxygen atoms in total. The van der Waals surface area contributed by atoms with Crippen molar-refractivity contribution >= 4 is 10.9 Å². The van der Waals surface area contributed by atoms with E-state index in [0.29, 0.717) is 5.82 Å². The van der Waals surface area contributed by atoms with Gasteiger partial charge in [-0.1, -0.05) is 24.3 Å². The number of aromatic nitrogens is 5. The summed E-state index contributed by atoms with van der Waals surface area (Å²) in [5, 5.41) is 15.4. The minimum Gasteiger partial charge on any atom is -0.496 e. The van der Waals surface area contributed by atoms with E-state index in [2.05, 4.69) is 80.8 Å². The van der Waals surface area contributed by atoms with Gasteiger partial charge < -0.3 is 14.5 Å². The molecule has 0 aliphatic carbocycles. The number of tetrazole rings is 1. The third-order valence-electron chi connectivity index (χ3n) is 6.67. The van der Waals surface area contributed by atoms with Gasteiger partial charge in [-0.25, -0.2) is 5.10 Å². The maximum atomic E-state index is 6.05. The van der Waals surface area contributed by atoms with Gasteiger partial charge in [0, 0.05) is 54.0 Å². The van der Waals surface area contributed by atoms with Crippen molar-refractivity contribution in [3.05, 3.63) is 59.3 Å². The van der Waals surface area contributed by atoms with E-state index in [0.717, 1.165) is 43.9 Å². The van der Waals surface area contributed by atoms with Crippen LogP contribution in [0, 0.1) is 6.92 Å². The number of likely N-dealkylation sites (tertiary alicyclic amines) is 1. The van der Waals surface area contributed by atoms with E-state index in [1.54, 1.807) is 7.11 Å². The zero-order chi connectivity index (χ0) is 22.8. The lowest BCUT2D eigenvalue weighted by Crippen LogP contribution is -2.39. The Morgan fingerprint density at radius 2 is 2.03 bits per heavy atom. The summed E-state index contributed by atoms with van der Waals surface area (Å²) in [5.74, 6) is 1.62. The first-order valence-corrected chi connectivity index (χ1v) is 11.5. The molecule has 0 saturated carbocycles. The quantitative estimate of drug-likeness (QED) is 0.437. The van der Waals surface area contributed by atoms with Gasteiger partial charge in [0.25, 0.3) is 0 Å². The molecule has 2 aromatic carbocycles. The lowest BCUT2D eigenvalue weighted by molar-refractivity contribution is -0.0138. The predicted octanol–water partition coefficient (Wildman–Crippen LogP) is 4.41. The predicted molar refractivity (Wildman–Crippen MR) is 127 cm³/mol. The van der Waals surface area contributed by atoms with Gasteiger partial charge in [0.1, 0.15) is 5.75 Å². The average Bonchev–Trinajstić information content (AvgIpc) is 3.55. The second-order valence-electron chi connectivity index (χ2n) is 8.60. The first-order valence-electron chi connectivity index (χ1n) is 11.5. The van der Waals surface area contributed by atoms with Gasteiger partial charge in [-0.3, -0.25) is 4.90 Å². The zero-order valence-corrected chi connectivity index (χ0v) is 19.3. The van der Waals surface area contributed by atoms with Gasteiger partial charge >= 0.3 is 0 Å². The molecule has 0 bridgehead atoms. The van der Waals surface area contributed by atoms with E-state index < -0.39 is 0 Å². The van der Waals surface area contributed by atoms with Crippen molar-refractivity contribution in [3.8, 4) is 17.1 Å². The molecule has 3 heterocycles. The Morgan fingerprint density at radius 3 is 2.76 bits per heavy atom. The third kappa shape index (κ3) is 4.24. The van der Waals surface area contributed by atoms with E-state index in [4.69, 9.17) is 9.47 Å². The van der Waals surface area contributed by atoms with Gasteiger partial charge in [0.2, 0.25) is 0 Å². The standard InChI is InChI=1S/C25H30N6O2/c1-4-33-19-10-12-31(15-21-20-9-11-26-24(20)16(2)13-23(21)32-3)22(14-19)17-5-7-18(8-6-17)25-27-29-30-28-25/h5-9,11,13,19,22,26H,4,10,12,14-15H2,1-3H3,(H,27,28,29,30). The van der Waals surface area contributed by atoms with Crippen LogP contribution in [0.25, 0.3) is 22.3 Å². The Balaban J connectivity index is 1.48. The number of hydrogen-bond acceptors (Lipinski definition) is 6. The highest BCUT2D eigenvalue weighted by molar-refractivity contribution is 5.88. The van der Waals surface area contributed by atoms with Crippen LogP contribution in [0.5, 0.6) is 5.75 Å². The van der Waals surface area contributed by atoms with Crippen LogP contribution >= 0.6 is 0 Å². The molecule has 2 aromatic heterocycles. The molecular formula is C25H30N6O2. The van der Waals surface area contributed by atoms with Crippen LogP contribution in [0.3, 0.4) is 0 Å². The van der Waals surface area contributed by atoms with Crippen LogP contribution < -0.4 is 4.74 Å². The van der Waals surface area contributed by atoms with Crippen LogP contribution in [0.15, 0.2) is 42.6 Å². The van der Waals surface area contributed by atoms with E-state index in [-0.39, 0.29) is 12.1 Å². The van der Waals surface area contributed by atoms with Gasteiger partial charge in [-0.05, 0) is 60.4 Å². The summed E-state index contributed by atoms with van der Waals surface area (Å²) >= 11 is 0. The van der Waals surface area contributed by atoms with Crippen LogP contribution in [0.2, 0.25) is 0 Å². The first-order chi connectivity index (χ1) is 16.2. The fourth-order valence-corrected chi connectivity index (χ4v) is 5.03. The number of benzene rings is 2. The normalized spacial score (nSPS) is 19.2. The Bertz CT molecular complexity index is 1200. The molecule has 8 heteroatoms. The number of rotatable bonds is 7. The minimum atomic E-state index is 0.247. The van der Waals surface area contributed by atoms with E-state index in [1.807, 2.05) is 6.20 Å². The maximum Gasteiger partial charge on any atom is 0.179 e. The summed E-state index contributed by atoms with van der Waals surface area (Å²) in [4.78, 5) is 5.95. The number of nitrogens with one attached hydrogen (secondary N) is 2. The largest absolute Gasteiger partial charge is 0.496 e. The molecule has 1 saturated heterocycles. The molecule has 0 spiro atoms. The molecule has 5 rings (SSSR count). The fourth-order valence-electron chi connectivity index (χ4n) is 5.03. The summed E-state index contributed by atoms with van der Waals surface area (Å²) in [7, 11) is 1.76. The molecule has 33 heavy (non-hydrogen) atoms. The molecule has 172 valence electrons. The molecule has 1 fully saturated rings. The van der Waals surface area contributed by atoms with Crippen molar-refractivity contribution < 1.29 is 9.47 Å². The van der Waals surface area contributed by atoms with Gasteiger partial charge in [0.15, 0.2) is 5.82 Å². The summed E-state index contributed by atoms with van der Waals surface area (Å²) in [6.45, 7) is 6.71. The zero-order valence-electron chi connectivity index (χ0n) is 19.3. The van der Waals surface area contributed by atoms with E-state index in [9.17, 15) is 0 Å². The molecule has 0 amide bonds. The van der Waals surface area contributed by atoms with Crippen molar-refractivity contribution in [3.63, 3.8) is 0 Å². The Hall–Kier alpha value is -3.23. The second-order valence-corrected chi connectivity index (χ2v) is 8.60. The fraction of sp³-hybridized carbons (Fsp3) is 0.400. The van der Waals surface area contributed by atoms with Gasteiger partial charge in [-0.15, -0.1) is 5.10 Å². The van der Waals surface area contributed by atoms with Crippen molar-refractivity contribution in [1.82, 2.24) is 30.5 Å². The highest BCUT2D eigenvalue weighted by atomic mass is 16.5. The summed E-state index contributed by atoms with van der Waals surface area (Å²) in [6, 6.07) is 13.1. The molecule has 2 atom stereocenters. The van der Waals surface area contributed by atoms with E-state index in [1.165, 1.54) is 27.6 Å². The van der Waals surface area contributed by atoms with Gasteiger partial charge in [0.05, 0.1) is 13.2 Å². The first kappa shape index (κ1) is 21.6. The molecule has 1 aliphatic rings. The van der Waals surface area contributed by atoms with Crippen molar-refractivity contribution in [1.29, 1.82) is 0 Å². The third-order valence-corrected chi connectivity index (χ3v) is 6.67. The summed E-state index contributed by atoms with van der Waals surface area (Å²) < 4.78 is 11.9. The molecule has 2 unspecified atom stereocenters. The molecule has 1 aliphatic heterocycles. The van der Waals surface area contributed by atoms with Crippen LogP contribution in [-0.4, -0.2) is 56.9 Å². The number of H-pyrrole nitrogens is 2. The number of piperidine rings is 1. The van der Waals surface area contributed by atoms with Crippen LogP contribution in [0.4, 0.5) is 0 Å². The number of ether oxygens (including phenoxy) is 2. The topological polar surface area (TPSA) is 91.9 Å². The lowest BCUT2D eigenvalue weighted by atomic mass is 9.91. The maximum absolute atomic E-state index is 6.05. The Kier molecular flexibility index (Phi) is 6.11. The Labute approximate surface area is 193 Å². The minimum absolute atomic E-state index is 0.247.